The largest absolute Gasteiger partial charge is 0.480 e. The van der Waals surface area contributed by atoms with E-state index >= 15 is 0 Å². The van der Waals surface area contributed by atoms with Crippen molar-refractivity contribution in [3.63, 3.8) is 0 Å². The first-order chi connectivity index (χ1) is 11.1. The van der Waals surface area contributed by atoms with Gasteiger partial charge in [-0.05, 0) is 12.6 Å². The molecule has 23 heavy (non-hydrogen) atoms. The molecular formula is C15H23ClN4O2S. The van der Waals surface area contributed by atoms with Crippen LogP contribution in [0.2, 0.25) is 5.02 Å². The number of pyridine rings is 1. The molecule has 1 atom stereocenters. The van der Waals surface area contributed by atoms with Gasteiger partial charge in [-0.15, -0.1) is 0 Å². The molecule has 1 aromatic heterocycles. The Bertz CT molecular complexity index is 559. The van der Waals surface area contributed by atoms with E-state index in [4.69, 9.17) is 16.3 Å². The molecule has 128 valence electrons. The number of anilines is 1. The molecule has 8 heteroatoms. The number of carbonyl (C=O) groups is 1. The number of nitrogens with one attached hydrogen (secondary N) is 2. The lowest BCUT2D eigenvalue weighted by Crippen LogP contribution is -2.44. The van der Waals surface area contributed by atoms with Gasteiger partial charge in [-0.25, -0.2) is 0 Å². The van der Waals surface area contributed by atoms with Crippen molar-refractivity contribution in [2.45, 2.75) is 13.0 Å². The topological polar surface area (TPSA) is 66.5 Å². The summed E-state index contributed by atoms with van der Waals surface area (Å²) in [7, 11) is 3.21. The van der Waals surface area contributed by atoms with Crippen LogP contribution < -0.4 is 15.4 Å². The van der Waals surface area contributed by atoms with E-state index in [1.54, 1.807) is 13.1 Å². The third kappa shape index (κ3) is 4.65. The Labute approximate surface area is 146 Å². The van der Waals surface area contributed by atoms with E-state index in [9.17, 15) is 4.79 Å². The van der Waals surface area contributed by atoms with Gasteiger partial charge in [0.2, 0.25) is 5.88 Å². The van der Waals surface area contributed by atoms with E-state index in [2.05, 4.69) is 27.4 Å². The summed E-state index contributed by atoms with van der Waals surface area (Å²) in [5, 5.41) is 6.35. The van der Waals surface area contributed by atoms with Crippen molar-refractivity contribution >= 4 is 35.1 Å². The second kappa shape index (κ2) is 8.61. The van der Waals surface area contributed by atoms with Crippen LogP contribution >= 0.6 is 23.4 Å². The van der Waals surface area contributed by atoms with E-state index in [0.717, 1.165) is 31.1 Å². The van der Waals surface area contributed by atoms with Crippen molar-refractivity contribution in [1.82, 2.24) is 15.2 Å². The Morgan fingerprint density at radius 1 is 1.61 bits per heavy atom. The molecule has 2 heterocycles. The summed E-state index contributed by atoms with van der Waals surface area (Å²) in [5.74, 6) is 2.54. The standard InChI is InChI=1S/C15H23ClN4O2S/c1-4-20-5-6-23-9-10(8-20)18-14(21)11-7-12(16)13(17-2)19-15(11)22-3/h7,10H,4-6,8-9H2,1-3H3,(H,17,19)(H,18,21). The second-order valence-corrected chi connectivity index (χ2v) is 6.82. The lowest BCUT2D eigenvalue weighted by molar-refractivity contribution is 0.0928. The Morgan fingerprint density at radius 3 is 3.04 bits per heavy atom. The molecule has 0 aromatic carbocycles. The number of thioether (sulfide) groups is 1. The van der Waals surface area contributed by atoms with Crippen molar-refractivity contribution < 1.29 is 9.53 Å². The van der Waals surface area contributed by atoms with Crippen LogP contribution in [0.15, 0.2) is 6.07 Å². The number of halogens is 1. The first-order valence-electron chi connectivity index (χ1n) is 7.62. The maximum atomic E-state index is 12.6. The number of rotatable bonds is 5. The van der Waals surface area contributed by atoms with Crippen LogP contribution in [0.25, 0.3) is 0 Å². The maximum Gasteiger partial charge on any atom is 0.257 e. The Morgan fingerprint density at radius 2 is 2.39 bits per heavy atom. The molecule has 0 bridgehead atoms. The lowest BCUT2D eigenvalue weighted by atomic mass is 10.2. The molecule has 0 spiro atoms. The molecule has 2 N–H and O–H groups in total. The van der Waals surface area contributed by atoms with Crippen LogP contribution in [-0.4, -0.2) is 67.1 Å². The van der Waals surface area contributed by atoms with Crippen LogP contribution in [0.1, 0.15) is 17.3 Å². The van der Waals surface area contributed by atoms with E-state index < -0.39 is 0 Å². The molecular weight excluding hydrogens is 336 g/mol. The lowest BCUT2D eigenvalue weighted by Gasteiger charge is -2.23. The van der Waals surface area contributed by atoms with E-state index in [1.165, 1.54) is 7.11 Å². The fourth-order valence-corrected chi connectivity index (χ4v) is 3.75. The third-order valence-corrected chi connectivity index (χ3v) is 5.15. The minimum Gasteiger partial charge on any atom is -0.480 e. The SMILES string of the molecule is CCN1CCSCC(NC(=O)c2cc(Cl)c(NC)nc2OC)C1. The van der Waals surface area contributed by atoms with E-state index in [0.29, 0.717) is 16.4 Å². The molecule has 0 radical (unpaired) electrons. The maximum absolute atomic E-state index is 12.6. The highest BCUT2D eigenvalue weighted by Crippen LogP contribution is 2.27. The van der Waals surface area contributed by atoms with Crippen LogP contribution in [0.3, 0.4) is 0 Å². The van der Waals surface area contributed by atoms with Gasteiger partial charge in [-0.1, -0.05) is 18.5 Å². The summed E-state index contributed by atoms with van der Waals surface area (Å²) < 4.78 is 5.23. The summed E-state index contributed by atoms with van der Waals surface area (Å²) in [5.41, 5.74) is 0.355. The fourth-order valence-electron chi connectivity index (χ4n) is 2.48. The average molecular weight is 359 g/mol. The second-order valence-electron chi connectivity index (χ2n) is 5.26. The zero-order chi connectivity index (χ0) is 16.8. The first kappa shape index (κ1) is 18.2. The Kier molecular flexibility index (Phi) is 6.80. The minimum atomic E-state index is -0.206. The van der Waals surface area contributed by atoms with Gasteiger partial charge >= 0.3 is 0 Å². The van der Waals surface area contributed by atoms with Gasteiger partial charge in [0.15, 0.2) is 0 Å². The number of amides is 1. The van der Waals surface area contributed by atoms with Gasteiger partial charge in [0, 0.05) is 31.6 Å². The Balaban J connectivity index is 2.15. The van der Waals surface area contributed by atoms with Crippen molar-refractivity contribution in [2.75, 3.05) is 50.6 Å². The first-order valence-corrected chi connectivity index (χ1v) is 9.15. The number of hydrogen-bond donors (Lipinski definition) is 2. The molecule has 1 aliphatic heterocycles. The molecule has 1 saturated heterocycles. The van der Waals surface area contributed by atoms with Gasteiger partial charge < -0.3 is 20.3 Å². The van der Waals surface area contributed by atoms with Gasteiger partial charge in [-0.3, -0.25) is 4.79 Å². The van der Waals surface area contributed by atoms with Gasteiger partial charge in [0.1, 0.15) is 11.4 Å². The monoisotopic (exact) mass is 358 g/mol. The number of nitrogens with zero attached hydrogens (tertiary/aromatic N) is 2. The number of likely N-dealkylation sites (N-methyl/N-ethyl adjacent to an activating group) is 1. The highest BCUT2D eigenvalue weighted by Gasteiger charge is 2.23. The van der Waals surface area contributed by atoms with Crippen LogP contribution in [0.4, 0.5) is 5.82 Å². The zero-order valence-electron chi connectivity index (χ0n) is 13.7. The molecule has 6 nitrogen and oxygen atoms in total. The van der Waals surface area contributed by atoms with Crippen LogP contribution in [0, 0.1) is 0 Å². The van der Waals surface area contributed by atoms with E-state index in [1.807, 2.05) is 11.8 Å². The number of methoxy groups -OCH3 is 1. The normalized spacial score (nSPS) is 19.0. The average Bonchev–Trinajstić information content (AvgIpc) is 2.79. The highest BCUT2D eigenvalue weighted by atomic mass is 35.5. The Hall–Kier alpha value is -1.18. The minimum absolute atomic E-state index is 0.0995. The molecule has 1 aliphatic rings. The molecule has 2 rings (SSSR count). The molecule has 0 aliphatic carbocycles. The van der Waals surface area contributed by atoms with Crippen molar-refractivity contribution in [3.05, 3.63) is 16.7 Å². The van der Waals surface area contributed by atoms with Crippen LogP contribution in [0.5, 0.6) is 5.88 Å². The van der Waals surface area contributed by atoms with E-state index in [-0.39, 0.29) is 17.8 Å². The van der Waals surface area contributed by atoms with Crippen molar-refractivity contribution in [1.29, 1.82) is 0 Å². The number of carbonyl (C=O) groups excluding carboxylic acids is 1. The van der Waals surface area contributed by atoms with Gasteiger partial charge in [-0.2, -0.15) is 16.7 Å². The van der Waals surface area contributed by atoms with Crippen molar-refractivity contribution in [2.24, 2.45) is 0 Å². The molecule has 0 saturated carbocycles. The molecule has 1 amide bonds. The predicted molar refractivity (Wildman–Crippen MR) is 96.0 cm³/mol. The molecule has 1 fully saturated rings. The quantitative estimate of drug-likeness (QED) is 0.838. The number of hydrogen-bond acceptors (Lipinski definition) is 6. The van der Waals surface area contributed by atoms with Crippen molar-refractivity contribution in [3.8, 4) is 5.88 Å². The summed E-state index contributed by atoms with van der Waals surface area (Å²) in [6, 6.07) is 1.69. The van der Waals surface area contributed by atoms with Gasteiger partial charge in [0.25, 0.3) is 5.91 Å². The number of aromatic nitrogens is 1. The zero-order valence-corrected chi connectivity index (χ0v) is 15.3. The predicted octanol–water partition coefficient (Wildman–Crippen LogP) is 1.95. The smallest absolute Gasteiger partial charge is 0.257 e. The van der Waals surface area contributed by atoms with Crippen LogP contribution in [-0.2, 0) is 0 Å². The summed E-state index contributed by atoms with van der Waals surface area (Å²) >= 11 is 8.00. The fraction of sp³-hybridized carbons (Fsp3) is 0.600. The summed E-state index contributed by atoms with van der Waals surface area (Å²) in [6.07, 6.45) is 0. The molecule has 1 aromatic rings. The van der Waals surface area contributed by atoms with Gasteiger partial charge in [0.05, 0.1) is 18.2 Å². The summed E-state index contributed by atoms with van der Waals surface area (Å²) in [6.45, 7) is 5.03. The summed E-state index contributed by atoms with van der Waals surface area (Å²) in [4.78, 5) is 19.2. The molecule has 1 unspecified atom stereocenters. The number of ether oxygens (including phenoxy) is 1. The highest BCUT2D eigenvalue weighted by molar-refractivity contribution is 7.99. The third-order valence-electron chi connectivity index (χ3n) is 3.75.